The Morgan fingerprint density at radius 1 is 1.00 bits per heavy atom. The molecule has 0 spiro atoms. The maximum Gasteiger partial charge on any atom is 0.235 e. The van der Waals surface area contributed by atoms with E-state index in [1.165, 1.54) is 4.31 Å². The molecule has 0 bridgehead atoms. The highest BCUT2D eigenvalue weighted by atomic mass is 32.2. The molecule has 0 atom stereocenters. The van der Waals surface area contributed by atoms with Crippen molar-refractivity contribution < 1.29 is 13.2 Å². The van der Waals surface area contributed by atoms with Gasteiger partial charge in [-0.05, 0) is 38.3 Å². The Bertz CT molecular complexity index is 860. The monoisotopic (exact) mass is 388 g/mol. The van der Waals surface area contributed by atoms with Gasteiger partial charge in [0.2, 0.25) is 15.9 Å². The van der Waals surface area contributed by atoms with Crippen LogP contribution in [0.2, 0.25) is 0 Å². The smallest absolute Gasteiger partial charge is 0.235 e. The van der Waals surface area contributed by atoms with E-state index in [9.17, 15) is 13.2 Å². The zero-order valence-electron chi connectivity index (χ0n) is 16.4. The molecule has 0 aliphatic carbocycles. The van der Waals surface area contributed by atoms with Gasteiger partial charge in [0.05, 0.1) is 12.8 Å². The number of hydrogen-bond acceptors (Lipinski definition) is 3. The average molecular weight is 389 g/mol. The minimum atomic E-state index is -3.51. The number of carbonyl (C=O) groups excluding carboxylic acids is 1. The lowest BCUT2D eigenvalue weighted by molar-refractivity contribution is -0.122. The van der Waals surface area contributed by atoms with Crippen LogP contribution in [-0.2, 0) is 27.8 Å². The molecule has 2 rings (SSSR count). The predicted molar refractivity (Wildman–Crippen MR) is 109 cm³/mol. The van der Waals surface area contributed by atoms with Gasteiger partial charge in [-0.3, -0.25) is 4.79 Å². The quantitative estimate of drug-likeness (QED) is 0.756. The van der Waals surface area contributed by atoms with Crippen LogP contribution in [0.15, 0.2) is 54.6 Å². The summed E-state index contributed by atoms with van der Waals surface area (Å²) >= 11 is 0. The number of hydrogen-bond donors (Lipinski definition) is 1. The van der Waals surface area contributed by atoms with Crippen molar-refractivity contribution in [2.75, 3.05) is 12.8 Å². The molecule has 0 saturated heterocycles. The fourth-order valence-corrected chi connectivity index (χ4v) is 3.65. The van der Waals surface area contributed by atoms with Crippen LogP contribution in [0.4, 0.5) is 0 Å². The van der Waals surface area contributed by atoms with Crippen LogP contribution in [-0.4, -0.2) is 37.0 Å². The SMILES string of the molecule is Cc1ccc(CN(CC(=O)NC(C)(C)Cc2ccccc2)S(C)(=O)=O)cc1. The number of carbonyl (C=O) groups is 1. The number of nitrogens with zero attached hydrogens (tertiary/aromatic N) is 1. The number of aryl methyl sites for hydroxylation is 1. The van der Waals surface area contributed by atoms with Gasteiger partial charge in [0, 0.05) is 12.1 Å². The van der Waals surface area contributed by atoms with Crippen molar-refractivity contribution >= 4 is 15.9 Å². The van der Waals surface area contributed by atoms with Crippen molar-refractivity contribution in [1.82, 2.24) is 9.62 Å². The second kappa shape index (κ2) is 8.67. The Labute approximate surface area is 162 Å². The van der Waals surface area contributed by atoms with E-state index in [4.69, 9.17) is 0 Å². The maximum absolute atomic E-state index is 12.5. The molecule has 0 radical (unpaired) electrons. The molecular weight excluding hydrogens is 360 g/mol. The highest BCUT2D eigenvalue weighted by Gasteiger charge is 2.25. The molecule has 5 nitrogen and oxygen atoms in total. The first-order chi connectivity index (χ1) is 12.5. The molecule has 0 aliphatic rings. The third-order valence-corrected chi connectivity index (χ3v) is 5.43. The molecular formula is C21H28N2O3S. The lowest BCUT2D eigenvalue weighted by Gasteiger charge is -2.28. The molecule has 6 heteroatoms. The van der Waals surface area contributed by atoms with E-state index in [1.54, 1.807) is 0 Å². The molecule has 146 valence electrons. The Morgan fingerprint density at radius 2 is 1.59 bits per heavy atom. The normalized spacial score (nSPS) is 12.2. The first-order valence-corrected chi connectivity index (χ1v) is 10.8. The van der Waals surface area contributed by atoms with Crippen LogP contribution in [0.3, 0.4) is 0 Å². The second-order valence-electron chi connectivity index (χ2n) is 7.61. The third kappa shape index (κ3) is 7.15. The Hall–Kier alpha value is -2.18. The van der Waals surface area contributed by atoms with Gasteiger partial charge in [0.15, 0.2) is 0 Å². The van der Waals surface area contributed by atoms with Gasteiger partial charge in [-0.15, -0.1) is 0 Å². The topological polar surface area (TPSA) is 66.5 Å². The number of nitrogens with one attached hydrogen (secondary N) is 1. The molecule has 2 aromatic rings. The largest absolute Gasteiger partial charge is 0.350 e. The van der Waals surface area contributed by atoms with Crippen molar-refractivity contribution in [3.63, 3.8) is 0 Å². The molecule has 0 unspecified atom stereocenters. The molecule has 0 aromatic heterocycles. The fraction of sp³-hybridized carbons (Fsp3) is 0.381. The van der Waals surface area contributed by atoms with Crippen LogP contribution >= 0.6 is 0 Å². The second-order valence-corrected chi connectivity index (χ2v) is 9.59. The molecule has 0 saturated carbocycles. The molecule has 2 aromatic carbocycles. The van der Waals surface area contributed by atoms with E-state index in [1.807, 2.05) is 75.4 Å². The van der Waals surface area contributed by atoms with Crippen LogP contribution in [0.5, 0.6) is 0 Å². The van der Waals surface area contributed by atoms with Crippen molar-refractivity contribution in [3.8, 4) is 0 Å². The minimum absolute atomic E-state index is 0.172. The summed E-state index contributed by atoms with van der Waals surface area (Å²) in [5, 5.41) is 2.96. The van der Waals surface area contributed by atoms with Crippen LogP contribution < -0.4 is 5.32 Å². The van der Waals surface area contributed by atoms with Gasteiger partial charge >= 0.3 is 0 Å². The van der Waals surface area contributed by atoms with E-state index in [0.717, 1.165) is 22.9 Å². The Morgan fingerprint density at radius 3 is 2.15 bits per heavy atom. The predicted octanol–water partition coefficient (Wildman–Crippen LogP) is 2.89. The van der Waals surface area contributed by atoms with Crippen molar-refractivity contribution in [2.24, 2.45) is 0 Å². The summed E-state index contributed by atoms with van der Waals surface area (Å²) in [5.41, 5.74) is 2.58. The number of amides is 1. The molecule has 27 heavy (non-hydrogen) atoms. The van der Waals surface area contributed by atoms with E-state index in [-0.39, 0.29) is 19.0 Å². The van der Waals surface area contributed by atoms with E-state index >= 15 is 0 Å². The van der Waals surface area contributed by atoms with Gasteiger partial charge < -0.3 is 5.32 Å². The summed E-state index contributed by atoms with van der Waals surface area (Å²) < 4.78 is 25.5. The third-order valence-electron chi connectivity index (χ3n) is 4.24. The zero-order valence-corrected chi connectivity index (χ0v) is 17.2. The molecule has 0 aliphatic heterocycles. The summed E-state index contributed by atoms with van der Waals surface area (Å²) in [6.07, 6.45) is 1.79. The number of benzene rings is 2. The standard InChI is InChI=1S/C21H28N2O3S/c1-17-10-12-19(13-11-17)15-23(27(4,25)26)16-20(24)22-21(2,3)14-18-8-6-5-7-9-18/h5-13H,14-16H2,1-4H3,(H,22,24). The fourth-order valence-electron chi connectivity index (χ4n) is 2.92. The molecule has 0 fully saturated rings. The lowest BCUT2D eigenvalue weighted by Crippen LogP contribution is -2.49. The first-order valence-electron chi connectivity index (χ1n) is 8.91. The number of sulfonamides is 1. The first kappa shape index (κ1) is 21.1. The number of rotatable bonds is 8. The molecule has 1 amide bonds. The van der Waals surface area contributed by atoms with Crippen LogP contribution in [0.1, 0.15) is 30.5 Å². The van der Waals surface area contributed by atoms with Gasteiger partial charge in [-0.2, -0.15) is 4.31 Å². The van der Waals surface area contributed by atoms with Crippen LogP contribution in [0.25, 0.3) is 0 Å². The molecule has 0 heterocycles. The van der Waals surface area contributed by atoms with Gasteiger partial charge in [-0.1, -0.05) is 60.2 Å². The van der Waals surface area contributed by atoms with Gasteiger partial charge in [0.25, 0.3) is 0 Å². The minimum Gasteiger partial charge on any atom is -0.350 e. The summed E-state index contributed by atoms with van der Waals surface area (Å²) in [6, 6.07) is 17.5. The van der Waals surface area contributed by atoms with E-state index < -0.39 is 15.6 Å². The molecule has 1 N–H and O–H groups in total. The lowest BCUT2D eigenvalue weighted by atomic mass is 9.95. The highest BCUT2D eigenvalue weighted by molar-refractivity contribution is 7.88. The summed E-state index contributed by atoms with van der Waals surface area (Å²) in [6.45, 7) is 5.81. The summed E-state index contributed by atoms with van der Waals surface area (Å²) in [5.74, 6) is -0.312. The van der Waals surface area contributed by atoms with Crippen molar-refractivity contribution in [1.29, 1.82) is 0 Å². The van der Waals surface area contributed by atoms with Crippen molar-refractivity contribution in [3.05, 3.63) is 71.3 Å². The maximum atomic E-state index is 12.5. The van der Waals surface area contributed by atoms with E-state index in [2.05, 4.69) is 5.32 Å². The average Bonchev–Trinajstić information content (AvgIpc) is 2.55. The van der Waals surface area contributed by atoms with Crippen LogP contribution in [0, 0.1) is 6.92 Å². The van der Waals surface area contributed by atoms with Gasteiger partial charge in [-0.25, -0.2) is 8.42 Å². The highest BCUT2D eigenvalue weighted by Crippen LogP contribution is 2.14. The Balaban J connectivity index is 2.03. The van der Waals surface area contributed by atoms with Gasteiger partial charge in [0.1, 0.15) is 0 Å². The summed E-state index contributed by atoms with van der Waals surface area (Å²) in [4.78, 5) is 12.5. The zero-order chi connectivity index (χ0) is 20.1. The summed E-state index contributed by atoms with van der Waals surface area (Å²) in [7, 11) is -3.51. The van der Waals surface area contributed by atoms with Crippen molar-refractivity contribution in [2.45, 2.75) is 39.3 Å². The van der Waals surface area contributed by atoms with E-state index in [0.29, 0.717) is 6.42 Å². The Kier molecular flexibility index (Phi) is 6.78.